The molecule has 110 valence electrons. The van der Waals surface area contributed by atoms with Gasteiger partial charge in [-0.15, -0.1) is 0 Å². The second-order valence-corrected chi connectivity index (χ2v) is 6.91. The van der Waals surface area contributed by atoms with Gasteiger partial charge in [0, 0.05) is 10.7 Å². The van der Waals surface area contributed by atoms with Crippen LogP contribution in [0.3, 0.4) is 0 Å². The van der Waals surface area contributed by atoms with E-state index < -0.39 is 0 Å². The Bertz CT molecular complexity index is 121. The molecular weight excluding hydrogens is 352 g/mol. The third-order valence-electron chi connectivity index (χ3n) is 3.52. The van der Waals surface area contributed by atoms with E-state index in [1.165, 1.54) is 101 Å². The summed E-state index contributed by atoms with van der Waals surface area (Å²) in [5.74, 6) is 0. The molecule has 0 N–H and O–H groups in total. The zero-order valence-electron chi connectivity index (χ0n) is 12.1. The highest BCUT2D eigenvalue weighted by Crippen LogP contribution is 2.13. The van der Waals surface area contributed by atoms with E-state index in [2.05, 4.69) is 31.9 Å². The average Bonchev–Trinajstić information content (AvgIpc) is 2.39. The zero-order chi connectivity index (χ0) is 13.3. The second kappa shape index (κ2) is 18.0. The first kappa shape index (κ1) is 19.0. The molecule has 0 aliphatic carbocycles. The molecule has 0 saturated heterocycles. The predicted octanol–water partition coefficient (Wildman–Crippen LogP) is 7.24. The normalized spacial score (nSPS) is 11.0. The van der Waals surface area contributed by atoms with Crippen LogP contribution in [0.15, 0.2) is 0 Å². The molecule has 0 aliphatic rings. The number of halogens is 2. The third-order valence-corrected chi connectivity index (χ3v) is 4.64. The van der Waals surface area contributed by atoms with E-state index in [9.17, 15) is 0 Å². The van der Waals surface area contributed by atoms with Crippen LogP contribution in [0.5, 0.6) is 0 Å². The van der Waals surface area contributed by atoms with Gasteiger partial charge in [-0.05, 0) is 12.8 Å². The van der Waals surface area contributed by atoms with Crippen molar-refractivity contribution in [1.82, 2.24) is 0 Å². The monoisotopic (exact) mass is 382 g/mol. The van der Waals surface area contributed by atoms with Crippen LogP contribution < -0.4 is 0 Å². The Kier molecular flexibility index (Phi) is 18.9. The molecule has 0 rings (SSSR count). The van der Waals surface area contributed by atoms with Crippen molar-refractivity contribution < 1.29 is 0 Å². The molecule has 0 nitrogen and oxygen atoms in total. The van der Waals surface area contributed by atoms with Crippen molar-refractivity contribution in [3.05, 3.63) is 0 Å². The summed E-state index contributed by atoms with van der Waals surface area (Å²) in [4.78, 5) is 0. The van der Waals surface area contributed by atoms with Crippen LogP contribution in [0, 0.1) is 0 Å². The van der Waals surface area contributed by atoms with Gasteiger partial charge >= 0.3 is 0 Å². The number of rotatable bonds is 15. The Hall–Kier alpha value is 0.960. The van der Waals surface area contributed by atoms with Crippen molar-refractivity contribution in [1.29, 1.82) is 0 Å². The Morgan fingerprint density at radius 1 is 0.278 bits per heavy atom. The summed E-state index contributed by atoms with van der Waals surface area (Å²) >= 11 is 6.97. The van der Waals surface area contributed by atoms with E-state index >= 15 is 0 Å². The van der Waals surface area contributed by atoms with Crippen molar-refractivity contribution in [3.8, 4) is 0 Å². The highest BCUT2D eigenvalue weighted by atomic mass is 79.9. The minimum Gasteiger partial charge on any atom is -0.0928 e. The summed E-state index contributed by atoms with van der Waals surface area (Å²) in [6.07, 6.45) is 20.2. The molecule has 0 radical (unpaired) electrons. The first-order valence-electron chi connectivity index (χ1n) is 8.03. The lowest BCUT2D eigenvalue weighted by Gasteiger charge is -2.02. The fourth-order valence-electron chi connectivity index (χ4n) is 2.31. The number of hydrogen-bond acceptors (Lipinski definition) is 0. The summed E-state index contributed by atoms with van der Waals surface area (Å²) in [6.45, 7) is 0. The molecule has 0 amide bonds. The first-order chi connectivity index (χ1) is 8.91. The van der Waals surface area contributed by atoms with Gasteiger partial charge in [-0.25, -0.2) is 0 Å². The van der Waals surface area contributed by atoms with Gasteiger partial charge in [-0.3, -0.25) is 0 Å². The zero-order valence-corrected chi connectivity index (χ0v) is 15.2. The maximum absolute atomic E-state index is 3.48. The van der Waals surface area contributed by atoms with Gasteiger partial charge in [0.05, 0.1) is 0 Å². The van der Waals surface area contributed by atoms with E-state index in [0.717, 1.165) is 0 Å². The molecule has 0 aromatic carbocycles. The van der Waals surface area contributed by atoms with E-state index in [4.69, 9.17) is 0 Å². The summed E-state index contributed by atoms with van der Waals surface area (Å²) in [6, 6.07) is 0. The van der Waals surface area contributed by atoms with E-state index in [0.29, 0.717) is 0 Å². The van der Waals surface area contributed by atoms with Gasteiger partial charge in [0.1, 0.15) is 0 Å². The molecule has 0 aromatic rings. The molecule has 0 aromatic heterocycles. The van der Waals surface area contributed by atoms with Gasteiger partial charge in [0.15, 0.2) is 0 Å². The quantitative estimate of drug-likeness (QED) is 0.206. The van der Waals surface area contributed by atoms with Crippen molar-refractivity contribution in [2.45, 2.75) is 89.9 Å². The Morgan fingerprint density at radius 3 is 0.611 bits per heavy atom. The van der Waals surface area contributed by atoms with Crippen LogP contribution in [0.4, 0.5) is 0 Å². The average molecular weight is 384 g/mol. The molecule has 18 heavy (non-hydrogen) atoms. The van der Waals surface area contributed by atoms with Crippen LogP contribution in [0.2, 0.25) is 0 Å². The summed E-state index contributed by atoms with van der Waals surface area (Å²) < 4.78 is 0. The van der Waals surface area contributed by atoms with Crippen LogP contribution in [-0.2, 0) is 0 Å². The van der Waals surface area contributed by atoms with Crippen molar-refractivity contribution in [2.24, 2.45) is 0 Å². The Labute approximate surface area is 132 Å². The standard InChI is InChI=1S/C16H32Br2/c17-15-13-11-9-7-5-3-1-2-4-6-8-10-12-14-16-18/h1-16H2. The van der Waals surface area contributed by atoms with Crippen LogP contribution in [-0.4, -0.2) is 10.7 Å². The molecule has 0 heterocycles. The fourth-order valence-corrected chi connectivity index (χ4v) is 3.10. The number of unbranched alkanes of at least 4 members (excludes halogenated alkanes) is 13. The van der Waals surface area contributed by atoms with E-state index in [-0.39, 0.29) is 0 Å². The maximum Gasteiger partial charge on any atom is 0.00313 e. The Morgan fingerprint density at radius 2 is 0.444 bits per heavy atom. The summed E-state index contributed by atoms with van der Waals surface area (Å²) in [7, 11) is 0. The highest BCUT2D eigenvalue weighted by molar-refractivity contribution is 9.09. The van der Waals surface area contributed by atoms with Crippen molar-refractivity contribution >= 4 is 31.9 Å². The SMILES string of the molecule is BrCCCCCCCCCCCCCCCCBr. The lowest BCUT2D eigenvalue weighted by molar-refractivity contribution is 0.539. The summed E-state index contributed by atoms with van der Waals surface area (Å²) in [5.41, 5.74) is 0. The predicted molar refractivity (Wildman–Crippen MR) is 92.2 cm³/mol. The molecule has 0 fully saturated rings. The molecule has 0 atom stereocenters. The second-order valence-electron chi connectivity index (χ2n) is 5.33. The van der Waals surface area contributed by atoms with Gasteiger partial charge in [-0.1, -0.05) is 109 Å². The minimum atomic E-state index is 1.18. The molecule has 0 bridgehead atoms. The molecule has 2 heteroatoms. The van der Waals surface area contributed by atoms with E-state index in [1.807, 2.05) is 0 Å². The maximum atomic E-state index is 3.48. The van der Waals surface area contributed by atoms with Crippen molar-refractivity contribution in [2.75, 3.05) is 10.7 Å². The fraction of sp³-hybridized carbons (Fsp3) is 1.00. The van der Waals surface area contributed by atoms with Gasteiger partial charge in [0.2, 0.25) is 0 Å². The molecule has 0 spiro atoms. The van der Waals surface area contributed by atoms with Crippen LogP contribution in [0.25, 0.3) is 0 Å². The molecule has 0 aliphatic heterocycles. The molecular formula is C16H32Br2. The highest BCUT2D eigenvalue weighted by Gasteiger charge is 1.93. The van der Waals surface area contributed by atoms with Crippen LogP contribution >= 0.6 is 31.9 Å². The smallest absolute Gasteiger partial charge is 0.00313 e. The molecule has 0 saturated carbocycles. The largest absolute Gasteiger partial charge is 0.0928 e. The van der Waals surface area contributed by atoms with Crippen molar-refractivity contribution in [3.63, 3.8) is 0 Å². The third kappa shape index (κ3) is 17.0. The molecule has 0 unspecified atom stereocenters. The van der Waals surface area contributed by atoms with Gasteiger partial charge < -0.3 is 0 Å². The Balaban J connectivity index is 2.86. The summed E-state index contributed by atoms with van der Waals surface area (Å²) in [5, 5.41) is 2.37. The number of alkyl halides is 2. The first-order valence-corrected chi connectivity index (χ1v) is 10.3. The lowest BCUT2D eigenvalue weighted by Crippen LogP contribution is -1.83. The topological polar surface area (TPSA) is 0 Å². The van der Waals surface area contributed by atoms with E-state index in [1.54, 1.807) is 0 Å². The van der Waals surface area contributed by atoms with Gasteiger partial charge in [-0.2, -0.15) is 0 Å². The van der Waals surface area contributed by atoms with Crippen LogP contribution in [0.1, 0.15) is 89.9 Å². The minimum absolute atomic E-state index is 1.18. The van der Waals surface area contributed by atoms with Gasteiger partial charge in [0.25, 0.3) is 0 Å². The number of hydrogen-bond donors (Lipinski definition) is 0. The lowest BCUT2D eigenvalue weighted by atomic mass is 10.0.